The van der Waals surface area contributed by atoms with E-state index in [0.29, 0.717) is 53.2 Å². The molecule has 1 aromatic heterocycles. The molecule has 37 heavy (non-hydrogen) atoms. The normalized spacial score (nSPS) is 42.2. The van der Waals surface area contributed by atoms with Gasteiger partial charge in [0.05, 0.1) is 23.1 Å². The zero-order valence-electron chi connectivity index (χ0n) is 23.1. The molecule has 4 aliphatic rings. The van der Waals surface area contributed by atoms with Crippen molar-refractivity contribution in [3.05, 3.63) is 40.1 Å². The van der Waals surface area contributed by atoms with E-state index in [2.05, 4.69) is 25.8 Å². The van der Waals surface area contributed by atoms with Crippen molar-refractivity contribution in [2.45, 2.75) is 104 Å². The van der Waals surface area contributed by atoms with Crippen molar-refractivity contribution in [1.82, 2.24) is 4.98 Å². The summed E-state index contributed by atoms with van der Waals surface area (Å²) in [7, 11) is 0. The Kier molecular flexibility index (Phi) is 6.35. The first-order valence-corrected chi connectivity index (χ1v) is 14.9. The molecular formula is C32H45NO4. The van der Waals surface area contributed by atoms with Gasteiger partial charge >= 0.3 is 5.63 Å². The van der Waals surface area contributed by atoms with Crippen LogP contribution < -0.4 is 5.63 Å². The van der Waals surface area contributed by atoms with E-state index in [1.807, 2.05) is 19.1 Å². The summed E-state index contributed by atoms with van der Waals surface area (Å²) in [6.45, 7) is 9.22. The van der Waals surface area contributed by atoms with Crippen LogP contribution in [-0.4, -0.2) is 27.4 Å². The van der Waals surface area contributed by atoms with Gasteiger partial charge in [-0.1, -0.05) is 26.8 Å². The largest absolute Gasteiger partial charge is 0.408 e. The number of aromatic nitrogens is 1. The Bertz CT molecular complexity index is 1220. The van der Waals surface area contributed by atoms with Crippen LogP contribution in [0.4, 0.5) is 0 Å². The van der Waals surface area contributed by atoms with Crippen LogP contribution in [0.15, 0.2) is 27.4 Å². The van der Waals surface area contributed by atoms with Gasteiger partial charge in [0, 0.05) is 6.42 Å². The molecule has 4 fully saturated rings. The number of benzene rings is 1. The van der Waals surface area contributed by atoms with E-state index >= 15 is 0 Å². The molecule has 1 heterocycles. The number of rotatable bonds is 4. The molecular weight excluding hydrogens is 462 g/mol. The SMILES string of the molecule is Cc1ccc2c(=O)oc(CC[C@@H](C)[C@H]3CC[C@H]4[C@@H]5CC[C@@H]6C[C@H](O)CC[C@]6(C)C5C[C@H](O)[C@]34C)nc2c1. The maximum Gasteiger partial charge on any atom is 0.346 e. The molecule has 4 saturated carbocycles. The van der Waals surface area contributed by atoms with E-state index < -0.39 is 0 Å². The molecule has 0 radical (unpaired) electrons. The second kappa shape index (κ2) is 9.19. The molecule has 0 spiro atoms. The first-order valence-electron chi connectivity index (χ1n) is 14.9. The number of nitrogens with zero attached hydrogens (tertiary/aromatic N) is 1. The molecule has 1 aromatic carbocycles. The summed E-state index contributed by atoms with van der Waals surface area (Å²) >= 11 is 0. The average molecular weight is 508 g/mol. The van der Waals surface area contributed by atoms with Crippen LogP contribution in [0.25, 0.3) is 10.9 Å². The number of aryl methyl sites for hydroxylation is 2. The van der Waals surface area contributed by atoms with E-state index in [1.165, 1.54) is 25.7 Å². The summed E-state index contributed by atoms with van der Waals surface area (Å²) in [6, 6.07) is 5.68. The highest BCUT2D eigenvalue weighted by Crippen LogP contribution is 2.68. The number of aliphatic hydroxyl groups is 2. The molecule has 202 valence electrons. The fourth-order valence-corrected chi connectivity index (χ4v) is 10.0. The third-order valence-electron chi connectivity index (χ3n) is 12.1. The average Bonchev–Trinajstić information content (AvgIpc) is 3.22. The monoisotopic (exact) mass is 507 g/mol. The molecule has 2 aromatic rings. The van der Waals surface area contributed by atoms with Crippen molar-refractivity contribution >= 4 is 10.9 Å². The summed E-state index contributed by atoms with van der Waals surface area (Å²) in [5, 5.41) is 22.7. The highest BCUT2D eigenvalue weighted by molar-refractivity contribution is 5.77. The lowest BCUT2D eigenvalue weighted by atomic mass is 9.43. The zero-order valence-corrected chi connectivity index (χ0v) is 23.1. The summed E-state index contributed by atoms with van der Waals surface area (Å²) in [6.07, 6.45) is 9.98. The molecule has 5 nitrogen and oxygen atoms in total. The predicted octanol–water partition coefficient (Wildman–Crippen LogP) is 6.06. The first kappa shape index (κ1) is 25.6. The Morgan fingerprint density at radius 2 is 1.89 bits per heavy atom. The maximum atomic E-state index is 12.5. The molecule has 0 bridgehead atoms. The van der Waals surface area contributed by atoms with Gasteiger partial charge in [-0.2, -0.15) is 0 Å². The van der Waals surface area contributed by atoms with Crippen molar-refractivity contribution in [2.75, 3.05) is 0 Å². The van der Waals surface area contributed by atoms with Gasteiger partial charge in [-0.3, -0.25) is 0 Å². The zero-order chi connectivity index (χ0) is 26.1. The van der Waals surface area contributed by atoms with E-state index in [4.69, 9.17) is 4.42 Å². The molecule has 1 unspecified atom stereocenters. The second-order valence-corrected chi connectivity index (χ2v) is 13.8. The van der Waals surface area contributed by atoms with Crippen molar-refractivity contribution in [2.24, 2.45) is 46.3 Å². The molecule has 4 aliphatic carbocycles. The van der Waals surface area contributed by atoms with Crippen LogP contribution in [0.1, 0.15) is 90.0 Å². The lowest BCUT2D eigenvalue weighted by Gasteiger charge is -2.62. The quantitative estimate of drug-likeness (QED) is 0.526. The van der Waals surface area contributed by atoms with Crippen molar-refractivity contribution in [3.63, 3.8) is 0 Å². The summed E-state index contributed by atoms with van der Waals surface area (Å²) in [5.74, 6) is 3.91. The highest BCUT2D eigenvalue weighted by atomic mass is 16.4. The van der Waals surface area contributed by atoms with Gasteiger partial charge in [0.2, 0.25) is 0 Å². The van der Waals surface area contributed by atoms with Gasteiger partial charge in [0.1, 0.15) is 0 Å². The molecule has 0 saturated heterocycles. The molecule has 5 heteroatoms. The Balaban J connectivity index is 1.19. The Morgan fingerprint density at radius 3 is 2.70 bits per heavy atom. The lowest BCUT2D eigenvalue weighted by Crippen LogP contribution is -2.58. The third kappa shape index (κ3) is 4.02. The van der Waals surface area contributed by atoms with E-state index in [-0.39, 0.29) is 28.7 Å². The van der Waals surface area contributed by atoms with Gasteiger partial charge in [0.15, 0.2) is 5.89 Å². The standard InChI is InChI=1S/C32H45NO4/c1-18-5-8-23-27(15-18)33-29(37-30(23)36)12-6-19(2)24-10-11-25-22-9-7-20-16-21(34)13-14-31(20,3)26(22)17-28(35)32(24,25)4/h5,8,15,19-22,24-26,28,34-35H,6-7,9-14,16-17H2,1-4H3/t19-,20-,21-,22+,24-,25+,26?,28+,31+,32-/m1/s1. The third-order valence-corrected chi connectivity index (χ3v) is 12.1. The molecule has 10 atom stereocenters. The fourth-order valence-electron chi connectivity index (χ4n) is 10.0. The molecule has 2 N–H and O–H groups in total. The molecule has 0 amide bonds. The molecule has 0 aliphatic heterocycles. The minimum atomic E-state index is -0.298. The van der Waals surface area contributed by atoms with Crippen LogP contribution >= 0.6 is 0 Å². The number of hydrogen-bond donors (Lipinski definition) is 2. The van der Waals surface area contributed by atoms with Crippen LogP contribution in [0.5, 0.6) is 0 Å². The number of hydrogen-bond acceptors (Lipinski definition) is 5. The Morgan fingerprint density at radius 1 is 1.08 bits per heavy atom. The van der Waals surface area contributed by atoms with E-state index in [1.54, 1.807) is 6.07 Å². The minimum absolute atomic E-state index is 0.0489. The van der Waals surface area contributed by atoms with Gasteiger partial charge in [0.25, 0.3) is 0 Å². The highest BCUT2D eigenvalue weighted by Gasteiger charge is 2.63. The lowest BCUT2D eigenvalue weighted by molar-refractivity contribution is -0.174. The van der Waals surface area contributed by atoms with Crippen molar-refractivity contribution in [3.8, 4) is 0 Å². The fraction of sp³-hybridized carbons (Fsp3) is 0.750. The summed E-state index contributed by atoms with van der Waals surface area (Å²) in [4.78, 5) is 17.2. The van der Waals surface area contributed by atoms with Gasteiger partial charge in [-0.15, -0.1) is 0 Å². The molecule has 6 rings (SSSR count). The van der Waals surface area contributed by atoms with Crippen LogP contribution in [-0.2, 0) is 6.42 Å². The predicted molar refractivity (Wildman–Crippen MR) is 145 cm³/mol. The summed E-state index contributed by atoms with van der Waals surface area (Å²) in [5.41, 5.74) is 1.73. The van der Waals surface area contributed by atoms with Crippen LogP contribution in [0, 0.1) is 53.3 Å². The van der Waals surface area contributed by atoms with Crippen molar-refractivity contribution in [1.29, 1.82) is 0 Å². The van der Waals surface area contributed by atoms with Gasteiger partial charge < -0.3 is 14.6 Å². The summed E-state index contributed by atoms with van der Waals surface area (Å²) < 4.78 is 5.60. The van der Waals surface area contributed by atoms with Crippen molar-refractivity contribution < 1.29 is 14.6 Å². The number of fused-ring (bicyclic) bond motifs is 6. The second-order valence-electron chi connectivity index (χ2n) is 13.8. The Hall–Kier alpha value is -1.72. The first-order chi connectivity index (χ1) is 17.6. The Labute approximate surface area is 221 Å². The minimum Gasteiger partial charge on any atom is -0.408 e. The van der Waals surface area contributed by atoms with Crippen LogP contribution in [0.3, 0.4) is 0 Å². The topological polar surface area (TPSA) is 83.6 Å². The van der Waals surface area contributed by atoms with Gasteiger partial charge in [-0.05, 0) is 129 Å². The smallest absolute Gasteiger partial charge is 0.346 e. The number of aliphatic hydroxyl groups excluding tert-OH is 2. The van der Waals surface area contributed by atoms with Gasteiger partial charge in [-0.25, -0.2) is 9.78 Å². The van der Waals surface area contributed by atoms with E-state index in [0.717, 1.165) is 43.2 Å². The van der Waals surface area contributed by atoms with E-state index in [9.17, 15) is 15.0 Å². The van der Waals surface area contributed by atoms with Crippen LogP contribution in [0.2, 0.25) is 0 Å². The maximum absolute atomic E-state index is 12.5.